The highest BCUT2D eigenvalue weighted by Gasteiger charge is 2.63. The van der Waals surface area contributed by atoms with E-state index in [-0.39, 0.29) is 17.4 Å². The van der Waals surface area contributed by atoms with E-state index in [1.807, 2.05) is 0 Å². The van der Waals surface area contributed by atoms with Gasteiger partial charge in [0, 0.05) is 39.7 Å². The van der Waals surface area contributed by atoms with Gasteiger partial charge in [0.05, 0.1) is 11.7 Å². The standard InChI is InChI=1S/C57H48N2/c1-3-21-42(22-4-1)58(44-34-33-39-17-7-8-19-41(39)37-44)45-35-36-48-47-26-11-13-28-50(47)57(53(48)38-45)51-29-14-12-27-49(51)56-52(57)30-16-32-55(56)59(43-23-5-2-6-24-43)54-31-15-20-40-18-9-10-25-46(40)54/h1-7,9,11-18,20-21,23-24,26-38,42,47-48,50,53H,8,10,19,22,25H2. The number of hydrogen-bond donors (Lipinski definition) is 0. The zero-order chi connectivity index (χ0) is 38.9. The lowest BCUT2D eigenvalue weighted by molar-refractivity contribution is 0.369. The first-order chi connectivity index (χ1) is 29.3. The molecule has 6 atom stereocenters. The number of allylic oxidation sites excluding steroid dienone is 11. The summed E-state index contributed by atoms with van der Waals surface area (Å²) in [5.74, 6) is 1.31. The van der Waals surface area contributed by atoms with Crippen molar-refractivity contribution in [1.82, 2.24) is 0 Å². The maximum absolute atomic E-state index is 2.71. The van der Waals surface area contributed by atoms with Gasteiger partial charge in [-0.3, -0.25) is 0 Å². The molecule has 6 unspecified atom stereocenters. The van der Waals surface area contributed by atoms with Crippen LogP contribution in [-0.4, -0.2) is 6.04 Å². The van der Waals surface area contributed by atoms with Gasteiger partial charge >= 0.3 is 0 Å². The fraction of sp³-hybridized carbons (Fsp3) is 0.193. The van der Waals surface area contributed by atoms with E-state index in [0.29, 0.717) is 17.8 Å². The minimum absolute atomic E-state index is 0.241. The highest BCUT2D eigenvalue weighted by molar-refractivity contribution is 5.96. The molecule has 0 heterocycles. The Hall–Kier alpha value is -6.38. The average molecular weight is 761 g/mol. The maximum atomic E-state index is 2.71. The molecule has 0 N–H and O–H groups in total. The van der Waals surface area contributed by atoms with E-state index in [2.05, 4.69) is 210 Å². The van der Waals surface area contributed by atoms with Crippen molar-refractivity contribution in [3.8, 4) is 11.1 Å². The number of anilines is 4. The van der Waals surface area contributed by atoms with Gasteiger partial charge in [-0.1, -0.05) is 158 Å². The smallest absolute Gasteiger partial charge is 0.0559 e. The van der Waals surface area contributed by atoms with Crippen LogP contribution >= 0.6 is 0 Å². The number of rotatable bonds is 6. The van der Waals surface area contributed by atoms with E-state index >= 15 is 0 Å². The predicted octanol–water partition coefficient (Wildman–Crippen LogP) is 13.8. The van der Waals surface area contributed by atoms with Crippen molar-refractivity contribution >= 4 is 34.9 Å². The number of benzene rings is 5. The Morgan fingerprint density at radius 3 is 2.24 bits per heavy atom. The molecule has 1 saturated carbocycles. The Morgan fingerprint density at radius 2 is 1.32 bits per heavy atom. The minimum Gasteiger partial charge on any atom is -0.335 e. The zero-order valence-corrected chi connectivity index (χ0v) is 33.4. The molecule has 0 aromatic heterocycles. The zero-order valence-electron chi connectivity index (χ0n) is 33.4. The Balaban J connectivity index is 1.08. The van der Waals surface area contributed by atoms with Gasteiger partial charge in [0.15, 0.2) is 0 Å². The van der Waals surface area contributed by atoms with Gasteiger partial charge in [0.2, 0.25) is 0 Å². The average Bonchev–Trinajstić information content (AvgIpc) is 3.77. The van der Waals surface area contributed by atoms with Crippen LogP contribution in [0.15, 0.2) is 194 Å². The van der Waals surface area contributed by atoms with Crippen molar-refractivity contribution in [1.29, 1.82) is 0 Å². The molecule has 7 aliphatic carbocycles. The van der Waals surface area contributed by atoms with Crippen LogP contribution in [0.5, 0.6) is 0 Å². The van der Waals surface area contributed by atoms with Crippen molar-refractivity contribution in [3.05, 3.63) is 227 Å². The number of fused-ring (bicyclic) bond motifs is 12. The summed E-state index contributed by atoms with van der Waals surface area (Å²) in [6, 6.07) is 42.0. The molecule has 1 fully saturated rings. The first-order valence-electron chi connectivity index (χ1n) is 21.8. The molecule has 2 nitrogen and oxygen atoms in total. The SMILES string of the molecule is C1=CCC(N(C2=CC3C(C=C2)C2C=CC=CC2C32c3ccccc3-c3c(N(c4ccccc4)c4cccc5c4CCC=C5)cccc32)c2ccc3c(c2)CCC=C3)C=C1. The molecule has 1 spiro atoms. The normalized spacial score (nSPS) is 25.8. The van der Waals surface area contributed by atoms with E-state index < -0.39 is 0 Å². The highest BCUT2D eigenvalue weighted by atomic mass is 15.2. The van der Waals surface area contributed by atoms with Crippen molar-refractivity contribution in [2.75, 3.05) is 9.80 Å². The summed E-state index contributed by atoms with van der Waals surface area (Å²) in [5.41, 5.74) is 17.3. The van der Waals surface area contributed by atoms with Crippen molar-refractivity contribution in [3.63, 3.8) is 0 Å². The van der Waals surface area contributed by atoms with Crippen LogP contribution in [0.4, 0.5) is 22.7 Å². The van der Waals surface area contributed by atoms with E-state index in [0.717, 1.165) is 32.1 Å². The first-order valence-corrected chi connectivity index (χ1v) is 21.8. The number of para-hydroxylation sites is 1. The van der Waals surface area contributed by atoms with E-state index in [1.165, 1.54) is 73.0 Å². The largest absolute Gasteiger partial charge is 0.335 e. The van der Waals surface area contributed by atoms with Crippen molar-refractivity contribution in [2.24, 2.45) is 23.7 Å². The second-order valence-corrected chi connectivity index (χ2v) is 17.3. The molecule has 0 radical (unpaired) electrons. The maximum Gasteiger partial charge on any atom is 0.0559 e. The Kier molecular flexibility index (Phi) is 8.15. The molecule has 286 valence electrons. The third-order valence-electron chi connectivity index (χ3n) is 14.5. The lowest BCUT2D eigenvalue weighted by Crippen LogP contribution is -2.39. The molecule has 0 amide bonds. The molecule has 59 heavy (non-hydrogen) atoms. The summed E-state index contributed by atoms with van der Waals surface area (Å²) in [5, 5.41) is 0. The van der Waals surface area contributed by atoms with Crippen LogP contribution < -0.4 is 9.80 Å². The lowest BCUT2D eigenvalue weighted by Gasteiger charge is -2.41. The van der Waals surface area contributed by atoms with Gasteiger partial charge < -0.3 is 9.80 Å². The van der Waals surface area contributed by atoms with E-state index in [1.54, 1.807) is 0 Å². The predicted molar refractivity (Wildman–Crippen MR) is 247 cm³/mol. The van der Waals surface area contributed by atoms with Gasteiger partial charge in [-0.25, -0.2) is 0 Å². The van der Waals surface area contributed by atoms with Gasteiger partial charge in [-0.15, -0.1) is 0 Å². The Bertz CT molecular complexity index is 2750. The van der Waals surface area contributed by atoms with Crippen LogP contribution in [0.3, 0.4) is 0 Å². The number of nitrogens with zero attached hydrogens (tertiary/aromatic N) is 2. The first kappa shape index (κ1) is 34.6. The molecular formula is C57H48N2. The van der Waals surface area contributed by atoms with Crippen molar-refractivity contribution < 1.29 is 0 Å². The summed E-state index contributed by atoms with van der Waals surface area (Å²) in [6.45, 7) is 0. The molecule has 5 aromatic rings. The van der Waals surface area contributed by atoms with Crippen LogP contribution in [0.25, 0.3) is 23.3 Å². The summed E-state index contributed by atoms with van der Waals surface area (Å²) < 4.78 is 0. The Labute approximate surface area is 348 Å². The summed E-state index contributed by atoms with van der Waals surface area (Å²) in [7, 11) is 0. The third-order valence-corrected chi connectivity index (χ3v) is 14.5. The molecule has 5 aromatic carbocycles. The fourth-order valence-electron chi connectivity index (χ4n) is 12.1. The molecule has 0 aliphatic heterocycles. The summed E-state index contributed by atoms with van der Waals surface area (Å²) in [4.78, 5) is 5.22. The molecule has 7 aliphatic rings. The van der Waals surface area contributed by atoms with Crippen LogP contribution in [0.1, 0.15) is 52.6 Å². The van der Waals surface area contributed by atoms with Gasteiger partial charge in [0.1, 0.15) is 0 Å². The second-order valence-electron chi connectivity index (χ2n) is 17.3. The second kappa shape index (κ2) is 13.9. The molecule has 2 heteroatoms. The van der Waals surface area contributed by atoms with Gasteiger partial charge in [0.25, 0.3) is 0 Å². The topological polar surface area (TPSA) is 6.48 Å². The number of aryl methyl sites for hydroxylation is 1. The third kappa shape index (κ3) is 5.25. The highest BCUT2D eigenvalue weighted by Crippen LogP contribution is 2.69. The van der Waals surface area contributed by atoms with Crippen LogP contribution in [-0.2, 0) is 18.3 Å². The van der Waals surface area contributed by atoms with Gasteiger partial charge in [-0.2, -0.15) is 0 Å². The van der Waals surface area contributed by atoms with E-state index in [4.69, 9.17) is 0 Å². The minimum atomic E-state index is -0.260. The fourth-order valence-corrected chi connectivity index (χ4v) is 12.1. The number of hydrogen-bond acceptors (Lipinski definition) is 2. The Morgan fingerprint density at radius 1 is 0.542 bits per heavy atom. The van der Waals surface area contributed by atoms with Crippen LogP contribution in [0.2, 0.25) is 0 Å². The quantitative estimate of drug-likeness (QED) is 0.170. The summed E-state index contributed by atoms with van der Waals surface area (Å²) >= 11 is 0. The molecule has 0 saturated heterocycles. The monoisotopic (exact) mass is 760 g/mol. The van der Waals surface area contributed by atoms with Crippen molar-refractivity contribution in [2.45, 2.75) is 43.6 Å². The summed E-state index contributed by atoms with van der Waals surface area (Å²) in [6.07, 6.45) is 41.2. The molecule has 0 bridgehead atoms. The lowest BCUT2D eigenvalue weighted by atomic mass is 9.63. The van der Waals surface area contributed by atoms with Crippen LogP contribution in [0, 0.1) is 23.7 Å². The molecule has 12 rings (SSSR count). The van der Waals surface area contributed by atoms with Gasteiger partial charge in [-0.05, 0) is 131 Å². The van der Waals surface area contributed by atoms with E-state index in [9.17, 15) is 0 Å². The molecular weight excluding hydrogens is 713 g/mol.